The Morgan fingerprint density at radius 3 is 2.10 bits per heavy atom. The molecule has 0 saturated carbocycles. The number of ether oxygens (including phenoxy) is 1. The highest BCUT2D eigenvalue weighted by Gasteiger charge is 2.39. The van der Waals surface area contributed by atoms with Crippen LogP contribution in [0.2, 0.25) is 18.1 Å². The van der Waals surface area contributed by atoms with Crippen molar-refractivity contribution in [3.8, 4) is 11.5 Å². The van der Waals surface area contributed by atoms with E-state index in [1.165, 1.54) is 19.2 Å². The molecular formula is C13H21FO4SSi. The summed E-state index contributed by atoms with van der Waals surface area (Å²) in [6, 6.07) is 3.73. The van der Waals surface area contributed by atoms with Crippen LogP contribution in [0.1, 0.15) is 20.8 Å². The average Bonchev–Trinajstić information content (AvgIpc) is 2.25. The summed E-state index contributed by atoms with van der Waals surface area (Å²) >= 11 is 0. The van der Waals surface area contributed by atoms with Crippen LogP contribution in [0.5, 0.6) is 11.5 Å². The minimum absolute atomic E-state index is 0.0669. The first-order chi connectivity index (χ1) is 8.88. The van der Waals surface area contributed by atoms with E-state index in [9.17, 15) is 12.3 Å². The highest BCUT2D eigenvalue weighted by Crippen LogP contribution is 2.40. The van der Waals surface area contributed by atoms with Crippen LogP contribution >= 0.6 is 0 Å². The lowest BCUT2D eigenvalue weighted by Crippen LogP contribution is -2.43. The van der Waals surface area contributed by atoms with Gasteiger partial charge in [-0.25, -0.2) is 0 Å². The Balaban J connectivity index is 3.30. The fourth-order valence-corrected chi connectivity index (χ4v) is 2.81. The van der Waals surface area contributed by atoms with Gasteiger partial charge in [-0.3, -0.25) is 0 Å². The monoisotopic (exact) mass is 320 g/mol. The first-order valence-corrected chi connectivity index (χ1v) is 10.5. The Morgan fingerprint density at radius 2 is 1.70 bits per heavy atom. The predicted octanol–water partition coefficient (Wildman–Crippen LogP) is 3.74. The van der Waals surface area contributed by atoms with Crippen molar-refractivity contribution < 1.29 is 21.5 Å². The molecule has 0 aliphatic rings. The molecule has 0 saturated heterocycles. The third-order valence-corrected chi connectivity index (χ3v) is 8.75. The highest BCUT2D eigenvalue weighted by molar-refractivity contribution is 7.86. The molecule has 0 atom stereocenters. The van der Waals surface area contributed by atoms with Crippen LogP contribution in [0.4, 0.5) is 3.89 Å². The molecule has 0 spiro atoms. The number of hydrogen-bond acceptors (Lipinski definition) is 4. The van der Waals surface area contributed by atoms with Crippen LogP contribution < -0.4 is 9.16 Å². The first kappa shape index (κ1) is 17.0. The zero-order valence-corrected chi connectivity index (χ0v) is 14.5. The smallest absolute Gasteiger partial charge is 0.332 e. The van der Waals surface area contributed by atoms with Gasteiger partial charge < -0.3 is 9.16 Å². The summed E-state index contributed by atoms with van der Waals surface area (Å²) in [5.41, 5.74) is 0. The lowest BCUT2D eigenvalue weighted by atomic mass is 10.2. The molecule has 0 amide bonds. The van der Waals surface area contributed by atoms with Gasteiger partial charge in [0.05, 0.1) is 7.11 Å². The molecule has 0 bridgehead atoms. The maximum atomic E-state index is 13.1. The molecule has 1 aromatic carbocycles. The summed E-state index contributed by atoms with van der Waals surface area (Å²) < 4.78 is 46.2. The van der Waals surface area contributed by atoms with Gasteiger partial charge in [-0.1, -0.05) is 20.8 Å². The molecule has 0 aliphatic heterocycles. The van der Waals surface area contributed by atoms with Crippen molar-refractivity contribution in [1.82, 2.24) is 0 Å². The molecule has 0 heterocycles. The summed E-state index contributed by atoms with van der Waals surface area (Å²) in [4.78, 5) is -0.424. The maximum absolute atomic E-state index is 13.1. The lowest BCUT2D eigenvalue weighted by molar-refractivity contribution is 0.385. The van der Waals surface area contributed by atoms with Crippen LogP contribution in [0, 0.1) is 0 Å². The van der Waals surface area contributed by atoms with Crippen molar-refractivity contribution in [3.05, 3.63) is 18.2 Å². The maximum Gasteiger partial charge on any atom is 0.332 e. The standard InChI is InChI=1S/C13H21FO4SSi/c1-13(2,3)20(5,6)18-12-9-10(19(14,15)16)7-8-11(12)17-4/h7-9H,1-6H3. The van der Waals surface area contributed by atoms with Crippen LogP contribution in [0.25, 0.3) is 0 Å². The van der Waals surface area contributed by atoms with Crippen molar-refractivity contribution in [1.29, 1.82) is 0 Å². The number of rotatable bonds is 4. The minimum atomic E-state index is -4.76. The summed E-state index contributed by atoms with van der Waals surface area (Å²) in [7, 11) is -5.48. The molecule has 20 heavy (non-hydrogen) atoms. The van der Waals surface area contributed by atoms with Gasteiger partial charge in [0.25, 0.3) is 8.32 Å². The van der Waals surface area contributed by atoms with Gasteiger partial charge in [-0.15, -0.1) is 3.89 Å². The molecule has 7 heteroatoms. The van der Waals surface area contributed by atoms with Gasteiger partial charge in [0.2, 0.25) is 0 Å². The molecule has 1 rings (SSSR count). The van der Waals surface area contributed by atoms with E-state index in [1.807, 2.05) is 13.1 Å². The van der Waals surface area contributed by atoms with Crippen LogP contribution in [-0.2, 0) is 10.2 Å². The molecule has 0 aromatic heterocycles. The van der Waals surface area contributed by atoms with E-state index in [1.54, 1.807) is 0 Å². The quantitative estimate of drug-likeness (QED) is 0.626. The van der Waals surface area contributed by atoms with Gasteiger partial charge in [0.15, 0.2) is 5.75 Å². The van der Waals surface area contributed by atoms with Gasteiger partial charge >= 0.3 is 10.2 Å². The zero-order valence-electron chi connectivity index (χ0n) is 12.7. The van der Waals surface area contributed by atoms with E-state index in [4.69, 9.17) is 9.16 Å². The topological polar surface area (TPSA) is 52.6 Å². The Labute approximate surface area is 121 Å². The third-order valence-electron chi connectivity index (χ3n) is 3.59. The molecule has 1 aromatic rings. The number of methoxy groups -OCH3 is 1. The predicted molar refractivity (Wildman–Crippen MR) is 79.1 cm³/mol. The number of halogens is 1. The van der Waals surface area contributed by atoms with Crippen LogP contribution in [0.3, 0.4) is 0 Å². The number of benzene rings is 1. The Hall–Kier alpha value is -1.08. The minimum Gasteiger partial charge on any atom is -0.541 e. The molecule has 0 fully saturated rings. The van der Waals surface area contributed by atoms with E-state index < -0.39 is 23.4 Å². The van der Waals surface area contributed by atoms with E-state index in [-0.39, 0.29) is 10.8 Å². The molecule has 114 valence electrons. The van der Waals surface area contributed by atoms with Gasteiger partial charge in [-0.05, 0) is 30.3 Å². The van der Waals surface area contributed by atoms with Gasteiger partial charge in [0.1, 0.15) is 10.6 Å². The van der Waals surface area contributed by atoms with Crippen LogP contribution in [0.15, 0.2) is 23.1 Å². The van der Waals surface area contributed by atoms with Crippen molar-refractivity contribution in [2.45, 2.75) is 43.8 Å². The fourth-order valence-electron chi connectivity index (χ4n) is 1.32. The fraction of sp³-hybridized carbons (Fsp3) is 0.538. The SMILES string of the molecule is COc1ccc(S(=O)(=O)F)cc1O[Si](C)(C)C(C)(C)C. The summed E-state index contributed by atoms with van der Waals surface area (Å²) in [6.45, 7) is 10.2. The van der Waals surface area contributed by atoms with E-state index >= 15 is 0 Å². The van der Waals surface area contributed by atoms with E-state index in [0.717, 1.165) is 6.07 Å². The third kappa shape index (κ3) is 3.73. The van der Waals surface area contributed by atoms with Gasteiger partial charge in [0, 0.05) is 6.07 Å². The van der Waals surface area contributed by atoms with Crippen molar-refractivity contribution in [3.63, 3.8) is 0 Å². The van der Waals surface area contributed by atoms with Crippen LogP contribution in [-0.4, -0.2) is 23.8 Å². The largest absolute Gasteiger partial charge is 0.541 e. The molecule has 0 radical (unpaired) electrons. The van der Waals surface area contributed by atoms with Crippen molar-refractivity contribution in [2.75, 3.05) is 7.11 Å². The summed E-state index contributed by atoms with van der Waals surface area (Å²) in [6.07, 6.45) is 0. The second kappa shape index (κ2) is 5.36. The zero-order chi connectivity index (χ0) is 15.8. The molecule has 4 nitrogen and oxygen atoms in total. The molecule has 0 unspecified atom stereocenters. The summed E-state index contributed by atoms with van der Waals surface area (Å²) in [5, 5.41) is -0.0669. The molecule has 0 aliphatic carbocycles. The van der Waals surface area contributed by atoms with Crippen molar-refractivity contribution in [2.24, 2.45) is 0 Å². The Kier molecular flexibility index (Phi) is 4.55. The number of hydrogen-bond donors (Lipinski definition) is 0. The molecular weight excluding hydrogens is 299 g/mol. The normalized spacial score (nSPS) is 13.2. The van der Waals surface area contributed by atoms with E-state index in [0.29, 0.717) is 5.75 Å². The first-order valence-electron chi connectivity index (χ1n) is 6.20. The Morgan fingerprint density at radius 1 is 1.15 bits per heavy atom. The lowest BCUT2D eigenvalue weighted by Gasteiger charge is -2.36. The highest BCUT2D eigenvalue weighted by atomic mass is 32.3. The summed E-state index contributed by atoms with van der Waals surface area (Å²) in [5.74, 6) is 0.653. The molecule has 0 N–H and O–H groups in total. The average molecular weight is 320 g/mol. The van der Waals surface area contributed by atoms with Gasteiger partial charge in [-0.2, -0.15) is 8.42 Å². The Bertz CT molecular complexity index is 591. The van der Waals surface area contributed by atoms with E-state index in [2.05, 4.69) is 20.8 Å². The van der Waals surface area contributed by atoms with Crippen molar-refractivity contribution >= 4 is 18.5 Å². The second-order valence-electron chi connectivity index (χ2n) is 6.11. The second-order valence-corrected chi connectivity index (χ2v) is 12.2.